The average Bonchev–Trinajstić information content (AvgIpc) is 2.78. The van der Waals surface area contributed by atoms with Crippen LogP contribution in [0.1, 0.15) is 0 Å². The molecule has 0 aromatic heterocycles. The molecule has 9 heteroatoms. The monoisotopic (exact) mass is 374 g/mol. The molecule has 0 spiro atoms. The summed E-state index contributed by atoms with van der Waals surface area (Å²) in [5, 5.41) is 9.51. The Morgan fingerprint density at radius 3 is 2.58 bits per heavy atom. The molecule has 7 nitrogen and oxygen atoms in total. The molecule has 2 fully saturated rings. The Morgan fingerprint density at radius 1 is 1.21 bits per heavy atom. The van der Waals surface area contributed by atoms with Gasteiger partial charge < -0.3 is 9.84 Å². The van der Waals surface area contributed by atoms with Crippen molar-refractivity contribution in [1.82, 2.24) is 9.21 Å². The molecule has 0 aliphatic carbocycles. The van der Waals surface area contributed by atoms with Gasteiger partial charge in [0.25, 0.3) is 0 Å². The zero-order valence-corrected chi connectivity index (χ0v) is 14.5. The predicted molar refractivity (Wildman–Crippen MR) is 87.5 cm³/mol. The van der Waals surface area contributed by atoms with E-state index in [0.717, 1.165) is 0 Å². The van der Waals surface area contributed by atoms with Crippen molar-refractivity contribution in [1.29, 1.82) is 0 Å². The first-order chi connectivity index (χ1) is 11.4. The minimum Gasteiger partial charge on any atom is -0.480 e. The molecule has 2 aliphatic rings. The number of carboxylic acid groups (broad SMARTS) is 1. The molecule has 0 unspecified atom stereocenters. The molecule has 2 bridgehead atoms. The van der Waals surface area contributed by atoms with Gasteiger partial charge >= 0.3 is 5.97 Å². The first-order valence-corrected chi connectivity index (χ1v) is 9.47. The maximum Gasteiger partial charge on any atom is 0.317 e. The van der Waals surface area contributed by atoms with Gasteiger partial charge in [-0.3, -0.25) is 9.69 Å². The van der Waals surface area contributed by atoms with E-state index < -0.39 is 22.0 Å². The molecule has 2 aliphatic heterocycles. The van der Waals surface area contributed by atoms with E-state index in [1.54, 1.807) is 17.0 Å². The van der Waals surface area contributed by atoms with Gasteiger partial charge in [-0.25, -0.2) is 8.42 Å². The number of benzene rings is 1. The molecule has 132 valence electrons. The Hall–Kier alpha value is -1.19. The fourth-order valence-electron chi connectivity index (χ4n) is 3.26. The molecule has 0 radical (unpaired) electrons. The summed E-state index contributed by atoms with van der Waals surface area (Å²) in [5.74, 6) is -0.970. The van der Waals surface area contributed by atoms with E-state index in [-0.39, 0.29) is 24.0 Å². The van der Waals surface area contributed by atoms with E-state index >= 15 is 0 Å². The molecule has 2 atom stereocenters. The zero-order chi connectivity index (χ0) is 17.3. The summed E-state index contributed by atoms with van der Waals surface area (Å²) in [4.78, 5) is 13.0. The molecule has 24 heavy (non-hydrogen) atoms. The molecule has 1 N–H and O–H groups in total. The molecule has 2 saturated heterocycles. The number of hydrogen-bond acceptors (Lipinski definition) is 5. The number of ether oxygens (including phenoxy) is 1. The van der Waals surface area contributed by atoms with Crippen LogP contribution in [0.15, 0.2) is 29.2 Å². The standard InChI is InChI=1S/C15H19ClN2O5S/c16-12-1-3-14(4-2-12)24(21,22)18-6-11-5-17(8-15(19)20)7-13(18)10-23-9-11/h1-4,11,13H,5-10H2,(H,19,20)/t11-,13-/m0/s1. The Labute approximate surface area is 145 Å². The molecule has 2 heterocycles. The Bertz CT molecular complexity index is 709. The number of hydrogen-bond donors (Lipinski definition) is 1. The van der Waals surface area contributed by atoms with Crippen LogP contribution in [0.4, 0.5) is 0 Å². The Balaban J connectivity index is 1.89. The van der Waals surface area contributed by atoms with Crippen LogP contribution in [0.3, 0.4) is 0 Å². The van der Waals surface area contributed by atoms with Crippen LogP contribution < -0.4 is 0 Å². The van der Waals surface area contributed by atoms with Crippen molar-refractivity contribution in [2.24, 2.45) is 5.92 Å². The lowest BCUT2D eigenvalue weighted by Gasteiger charge is -2.29. The Kier molecular flexibility index (Phi) is 5.12. The van der Waals surface area contributed by atoms with Crippen LogP contribution in [0.25, 0.3) is 0 Å². The fourth-order valence-corrected chi connectivity index (χ4v) is 5.06. The quantitative estimate of drug-likeness (QED) is 0.836. The van der Waals surface area contributed by atoms with Crippen LogP contribution in [-0.4, -0.2) is 74.1 Å². The van der Waals surface area contributed by atoms with E-state index in [1.165, 1.54) is 16.4 Å². The van der Waals surface area contributed by atoms with E-state index in [1.807, 2.05) is 0 Å². The number of sulfonamides is 1. The van der Waals surface area contributed by atoms with Crippen molar-refractivity contribution in [2.45, 2.75) is 10.9 Å². The highest BCUT2D eigenvalue weighted by Gasteiger charge is 2.40. The summed E-state index contributed by atoms with van der Waals surface area (Å²) in [6, 6.07) is 5.67. The Morgan fingerprint density at radius 2 is 1.92 bits per heavy atom. The predicted octanol–water partition coefficient (Wildman–Crippen LogP) is 0.746. The summed E-state index contributed by atoms with van der Waals surface area (Å²) in [7, 11) is -3.69. The smallest absolute Gasteiger partial charge is 0.317 e. The van der Waals surface area contributed by atoms with Gasteiger partial charge in [-0.05, 0) is 24.3 Å². The van der Waals surface area contributed by atoms with Crippen LogP contribution in [0, 0.1) is 5.92 Å². The van der Waals surface area contributed by atoms with Crippen LogP contribution in [-0.2, 0) is 19.6 Å². The van der Waals surface area contributed by atoms with Crippen LogP contribution in [0.2, 0.25) is 5.02 Å². The number of carboxylic acids is 1. The lowest BCUT2D eigenvalue weighted by atomic mass is 10.1. The van der Waals surface area contributed by atoms with Gasteiger partial charge in [0.05, 0.1) is 30.7 Å². The van der Waals surface area contributed by atoms with E-state index in [2.05, 4.69) is 0 Å². The fraction of sp³-hybridized carbons (Fsp3) is 0.533. The van der Waals surface area contributed by atoms with Gasteiger partial charge in [0.2, 0.25) is 10.0 Å². The second kappa shape index (κ2) is 6.97. The van der Waals surface area contributed by atoms with Gasteiger partial charge in [0, 0.05) is 30.6 Å². The normalized spacial score (nSPS) is 26.0. The summed E-state index contributed by atoms with van der Waals surface area (Å²) in [6.07, 6.45) is 0. The second-order valence-corrected chi connectivity index (χ2v) is 8.50. The van der Waals surface area contributed by atoms with Gasteiger partial charge in [0.1, 0.15) is 0 Å². The summed E-state index contributed by atoms with van der Waals surface area (Å²) >= 11 is 5.84. The van der Waals surface area contributed by atoms with Crippen LogP contribution >= 0.6 is 11.6 Å². The zero-order valence-electron chi connectivity index (χ0n) is 13.0. The molecule has 3 rings (SSSR count). The first kappa shape index (κ1) is 17.6. The van der Waals surface area contributed by atoms with Gasteiger partial charge in [-0.1, -0.05) is 11.6 Å². The first-order valence-electron chi connectivity index (χ1n) is 7.65. The third-order valence-electron chi connectivity index (χ3n) is 4.27. The summed E-state index contributed by atoms with van der Waals surface area (Å²) < 4.78 is 33.1. The lowest BCUT2D eigenvalue weighted by molar-refractivity contribution is -0.138. The van der Waals surface area contributed by atoms with Crippen molar-refractivity contribution in [2.75, 3.05) is 39.4 Å². The third-order valence-corrected chi connectivity index (χ3v) is 6.46. The highest BCUT2D eigenvalue weighted by Crippen LogP contribution is 2.27. The summed E-state index contributed by atoms with van der Waals surface area (Å²) in [6.45, 7) is 1.78. The molecule has 0 saturated carbocycles. The summed E-state index contributed by atoms with van der Waals surface area (Å²) in [5.41, 5.74) is 0. The van der Waals surface area contributed by atoms with E-state index in [9.17, 15) is 13.2 Å². The average molecular weight is 375 g/mol. The topological polar surface area (TPSA) is 87.2 Å². The SMILES string of the molecule is O=C(O)CN1C[C@@H]2COC[C@H](C1)N(S(=O)(=O)c1ccc(Cl)cc1)C2. The van der Waals surface area contributed by atoms with Crippen LogP contribution in [0.5, 0.6) is 0 Å². The molecular weight excluding hydrogens is 356 g/mol. The number of halogens is 1. The number of carbonyl (C=O) groups is 1. The van der Waals surface area contributed by atoms with Gasteiger partial charge in [-0.2, -0.15) is 4.31 Å². The molecule has 0 amide bonds. The molecular formula is C15H19ClN2O5S. The lowest BCUT2D eigenvalue weighted by Crippen LogP contribution is -2.47. The van der Waals surface area contributed by atoms with E-state index in [4.69, 9.17) is 21.4 Å². The van der Waals surface area contributed by atoms with Gasteiger partial charge in [0.15, 0.2) is 0 Å². The molecule has 1 aromatic rings. The van der Waals surface area contributed by atoms with Gasteiger partial charge in [-0.15, -0.1) is 0 Å². The number of fused-ring (bicyclic) bond motifs is 3. The molecule has 1 aromatic carbocycles. The number of nitrogens with zero attached hydrogens (tertiary/aromatic N) is 2. The van der Waals surface area contributed by atoms with Crippen molar-refractivity contribution in [3.63, 3.8) is 0 Å². The van der Waals surface area contributed by atoms with Crippen molar-refractivity contribution >= 4 is 27.6 Å². The minimum absolute atomic E-state index is 0.0566. The van der Waals surface area contributed by atoms with Crippen molar-refractivity contribution in [3.8, 4) is 0 Å². The minimum atomic E-state index is -3.69. The van der Waals surface area contributed by atoms with E-state index in [0.29, 0.717) is 31.3 Å². The number of rotatable bonds is 4. The number of aliphatic carboxylic acids is 1. The third kappa shape index (κ3) is 3.73. The van der Waals surface area contributed by atoms with Crippen molar-refractivity contribution < 1.29 is 23.1 Å². The maximum atomic E-state index is 13.0. The maximum absolute atomic E-state index is 13.0. The van der Waals surface area contributed by atoms with Crippen molar-refractivity contribution in [3.05, 3.63) is 29.3 Å². The second-order valence-electron chi connectivity index (χ2n) is 6.17. The highest BCUT2D eigenvalue weighted by atomic mass is 35.5. The highest BCUT2D eigenvalue weighted by molar-refractivity contribution is 7.89. The largest absolute Gasteiger partial charge is 0.480 e.